The fourth-order valence-corrected chi connectivity index (χ4v) is 1.98. The molecule has 0 heterocycles. The van der Waals surface area contributed by atoms with Gasteiger partial charge in [0.25, 0.3) is 0 Å². The van der Waals surface area contributed by atoms with Gasteiger partial charge >= 0.3 is 0 Å². The number of nitrogens with zero attached hydrogens (tertiary/aromatic N) is 3. The van der Waals surface area contributed by atoms with Gasteiger partial charge in [0.1, 0.15) is 0 Å². The first-order valence-electron chi connectivity index (χ1n) is 5.29. The van der Waals surface area contributed by atoms with Crippen LogP contribution in [0, 0.1) is 0 Å². The minimum absolute atomic E-state index is 0.169. The first-order chi connectivity index (χ1) is 8.80. The zero-order chi connectivity index (χ0) is 13.2. The summed E-state index contributed by atoms with van der Waals surface area (Å²) < 4.78 is 12.9. The Balaban J connectivity index is 2.44. The van der Waals surface area contributed by atoms with Gasteiger partial charge in [-0.15, -0.1) is 0 Å². The van der Waals surface area contributed by atoms with Gasteiger partial charge < -0.3 is 9.47 Å². The largest absolute Gasteiger partial charge is 0.351 e. The van der Waals surface area contributed by atoms with Gasteiger partial charge in [0.05, 0.1) is 17.6 Å². The molecule has 0 unspecified atom stereocenters. The van der Waals surface area contributed by atoms with E-state index in [9.17, 15) is 0 Å². The molecule has 0 spiro atoms. The van der Waals surface area contributed by atoms with Crippen molar-refractivity contribution in [2.45, 2.75) is 12.9 Å². The fraction of sp³-hybridized carbons (Fsp3) is 0.455. The number of halogens is 2. The monoisotopic (exact) mass is 473 g/mol. The third kappa shape index (κ3) is 6.19. The predicted octanol–water partition coefficient (Wildman–Crippen LogP) is 4.36. The highest BCUT2D eigenvalue weighted by Crippen LogP contribution is 2.14. The quantitative estimate of drug-likeness (QED) is 0.141. The lowest BCUT2D eigenvalue weighted by Crippen LogP contribution is -2.19. The maximum Gasteiger partial charge on any atom is 0.166 e. The van der Waals surface area contributed by atoms with E-state index >= 15 is 0 Å². The van der Waals surface area contributed by atoms with Crippen molar-refractivity contribution < 1.29 is 9.47 Å². The third-order valence-electron chi connectivity index (χ3n) is 2.04. The lowest BCUT2D eigenvalue weighted by molar-refractivity contribution is -0.128. The molecule has 0 aromatic heterocycles. The van der Waals surface area contributed by atoms with Crippen molar-refractivity contribution >= 4 is 50.9 Å². The van der Waals surface area contributed by atoms with E-state index in [0.29, 0.717) is 18.9 Å². The first kappa shape index (κ1) is 16.0. The van der Waals surface area contributed by atoms with Crippen LogP contribution in [0.5, 0.6) is 0 Å². The van der Waals surface area contributed by atoms with Crippen molar-refractivity contribution in [1.29, 1.82) is 0 Å². The van der Waals surface area contributed by atoms with Crippen LogP contribution in [0.3, 0.4) is 0 Å². The van der Waals surface area contributed by atoms with E-state index in [1.165, 1.54) is 0 Å². The molecule has 0 N–H and O–H groups in total. The molecule has 0 fully saturated rings. The van der Waals surface area contributed by atoms with Gasteiger partial charge in [0.15, 0.2) is 6.29 Å². The van der Waals surface area contributed by atoms with Crippen molar-refractivity contribution in [3.63, 3.8) is 0 Å². The van der Waals surface area contributed by atoms with Gasteiger partial charge in [-0.25, -0.2) is 0 Å². The lowest BCUT2D eigenvalue weighted by Gasteiger charge is -2.15. The van der Waals surface area contributed by atoms with Gasteiger partial charge in [0, 0.05) is 15.0 Å². The molecule has 18 heavy (non-hydrogen) atoms. The van der Waals surface area contributed by atoms with Crippen molar-refractivity contribution in [3.8, 4) is 0 Å². The molecule has 0 saturated heterocycles. The summed E-state index contributed by atoms with van der Waals surface area (Å²) in [4.78, 5) is 2.73. The van der Waals surface area contributed by atoms with Crippen LogP contribution in [-0.2, 0) is 16.1 Å². The van der Waals surface area contributed by atoms with Crippen LogP contribution in [0.15, 0.2) is 29.4 Å². The van der Waals surface area contributed by atoms with Crippen molar-refractivity contribution in [2.75, 3.05) is 15.5 Å². The molecule has 0 aliphatic rings. The van der Waals surface area contributed by atoms with E-state index < -0.39 is 0 Å². The first-order valence-corrected chi connectivity index (χ1v) is 8.34. The highest BCUT2D eigenvalue weighted by atomic mass is 127. The molecular formula is C11H13I2N3O2. The number of ether oxygens (including phenoxy) is 2. The smallest absolute Gasteiger partial charge is 0.166 e. The van der Waals surface area contributed by atoms with E-state index in [-0.39, 0.29) is 6.29 Å². The Labute approximate surface area is 133 Å². The Hall–Kier alpha value is -0.0900. The van der Waals surface area contributed by atoms with E-state index in [4.69, 9.17) is 15.0 Å². The molecule has 0 saturated carbocycles. The van der Waals surface area contributed by atoms with Crippen molar-refractivity contribution in [2.24, 2.45) is 5.11 Å². The van der Waals surface area contributed by atoms with Crippen LogP contribution in [0.1, 0.15) is 5.56 Å². The number of benzene rings is 1. The van der Waals surface area contributed by atoms with E-state index in [1.54, 1.807) is 12.1 Å². The van der Waals surface area contributed by atoms with Crippen LogP contribution < -0.4 is 0 Å². The molecule has 1 atom stereocenters. The maximum absolute atomic E-state index is 8.30. The van der Waals surface area contributed by atoms with E-state index in [0.717, 1.165) is 14.4 Å². The molecule has 1 aromatic rings. The SMILES string of the molecule is [N-]=[N+]=Nc1ccc(CO[C@H](CI)OCCI)cc1. The van der Waals surface area contributed by atoms with Crippen LogP contribution in [0.4, 0.5) is 5.69 Å². The van der Waals surface area contributed by atoms with Crippen LogP contribution in [-0.4, -0.2) is 21.8 Å². The van der Waals surface area contributed by atoms with Crippen LogP contribution in [0.25, 0.3) is 10.4 Å². The molecule has 0 amide bonds. The topological polar surface area (TPSA) is 67.2 Å². The summed E-state index contributed by atoms with van der Waals surface area (Å²) in [6, 6.07) is 7.30. The van der Waals surface area contributed by atoms with Crippen molar-refractivity contribution in [3.05, 3.63) is 40.3 Å². The Kier molecular flexibility index (Phi) is 8.68. The normalized spacial score (nSPS) is 11.9. The summed E-state index contributed by atoms with van der Waals surface area (Å²) >= 11 is 4.51. The summed E-state index contributed by atoms with van der Waals surface area (Å²) in [5, 5.41) is 3.51. The van der Waals surface area contributed by atoms with Gasteiger partial charge in [-0.2, -0.15) is 0 Å². The van der Waals surface area contributed by atoms with Crippen LogP contribution >= 0.6 is 45.2 Å². The molecule has 0 bridgehead atoms. The van der Waals surface area contributed by atoms with Gasteiger partial charge in [-0.05, 0) is 11.1 Å². The molecule has 1 rings (SSSR count). The number of azide groups is 1. The minimum atomic E-state index is -0.169. The van der Waals surface area contributed by atoms with Crippen LogP contribution in [0.2, 0.25) is 0 Å². The third-order valence-corrected chi connectivity index (χ3v) is 3.20. The summed E-state index contributed by atoms with van der Waals surface area (Å²) in [7, 11) is 0. The number of alkyl halides is 2. The molecule has 0 aliphatic carbocycles. The second-order valence-electron chi connectivity index (χ2n) is 3.31. The van der Waals surface area contributed by atoms with Gasteiger partial charge in [-0.1, -0.05) is 74.6 Å². The lowest BCUT2D eigenvalue weighted by atomic mass is 10.2. The average Bonchev–Trinajstić information content (AvgIpc) is 2.41. The van der Waals surface area contributed by atoms with Crippen molar-refractivity contribution in [1.82, 2.24) is 0 Å². The number of hydrogen-bond donors (Lipinski definition) is 0. The second kappa shape index (κ2) is 9.79. The van der Waals surface area contributed by atoms with Gasteiger partial charge in [-0.3, -0.25) is 0 Å². The summed E-state index contributed by atoms with van der Waals surface area (Å²) in [5.74, 6) is 0. The zero-order valence-electron chi connectivity index (χ0n) is 9.63. The molecule has 7 heteroatoms. The zero-order valence-corrected chi connectivity index (χ0v) is 13.9. The fourth-order valence-electron chi connectivity index (χ4n) is 1.21. The maximum atomic E-state index is 8.30. The summed E-state index contributed by atoms with van der Waals surface area (Å²) in [5.41, 5.74) is 9.93. The Morgan fingerprint density at radius 1 is 1.22 bits per heavy atom. The average molecular weight is 473 g/mol. The molecule has 1 aromatic carbocycles. The minimum Gasteiger partial charge on any atom is -0.351 e. The predicted molar refractivity (Wildman–Crippen MR) is 87.6 cm³/mol. The Morgan fingerprint density at radius 3 is 2.50 bits per heavy atom. The summed E-state index contributed by atoms with van der Waals surface area (Å²) in [6.07, 6.45) is -0.169. The highest BCUT2D eigenvalue weighted by Gasteiger charge is 2.07. The summed E-state index contributed by atoms with van der Waals surface area (Å²) in [6.45, 7) is 1.19. The highest BCUT2D eigenvalue weighted by molar-refractivity contribution is 14.1. The molecule has 5 nitrogen and oxygen atoms in total. The molecular weight excluding hydrogens is 460 g/mol. The molecule has 98 valence electrons. The second-order valence-corrected chi connectivity index (χ2v) is 5.27. The Bertz CT molecular complexity index is 394. The Morgan fingerprint density at radius 2 is 1.94 bits per heavy atom. The molecule has 0 aliphatic heterocycles. The van der Waals surface area contributed by atoms with Gasteiger partial charge in [0.2, 0.25) is 0 Å². The number of hydrogen-bond acceptors (Lipinski definition) is 3. The number of rotatable bonds is 8. The van der Waals surface area contributed by atoms with E-state index in [2.05, 4.69) is 55.2 Å². The molecule has 0 radical (unpaired) electrons. The standard InChI is InChI=1S/C11H13I2N3O2/c12-5-6-17-11(7-13)18-8-9-1-3-10(4-2-9)15-16-14/h1-4,11H,5-8H2/t11-/m1/s1. The van der Waals surface area contributed by atoms with E-state index in [1.807, 2.05) is 12.1 Å².